The van der Waals surface area contributed by atoms with Crippen LogP contribution in [-0.4, -0.2) is 60.3 Å². The molecule has 2 aromatic carbocycles. The maximum atomic E-state index is 12.3. The van der Waals surface area contributed by atoms with Crippen LogP contribution >= 0.6 is 0 Å². The number of benzene rings is 2. The second-order valence-corrected chi connectivity index (χ2v) is 7.95. The van der Waals surface area contributed by atoms with E-state index in [0.29, 0.717) is 11.1 Å². The van der Waals surface area contributed by atoms with Gasteiger partial charge in [-0.05, 0) is 60.7 Å². The Labute approximate surface area is 199 Å². The third-order valence-electron chi connectivity index (χ3n) is 5.29. The van der Waals surface area contributed by atoms with Crippen LogP contribution in [0.3, 0.4) is 0 Å². The number of hydrogen-bond acceptors (Lipinski definition) is 6. The van der Waals surface area contributed by atoms with Crippen LogP contribution < -0.4 is 16.5 Å². The molecular weight excluding hydrogens is 432 g/mol. The molecule has 1 fully saturated rings. The molecule has 2 aromatic rings. The molecule has 1 aliphatic heterocycles. The van der Waals surface area contributed by atoms with Crippen LogP contribution in [0.2, 0.25) is 0 Å². The minimum absolute atomic E-state index is 0.338. The Balaban J connectivity index is 1.55. The summed E-state index contributed by atoms with van der Waals surface area (Å²) in [5.74, 6) is 10.4. The molecule has 2 amide bonds. The zero-order valence-electron chi connectivity index (χ0n) is 19.0. The van der Waals surface area contributed by atoms with Crippen molar-refractivity contribution in [3.63, 3.8) is 0 Å². The highest BCUT2D eigenvalue weighted by Gasteiger charge is 2.24. The fourth-order valence-corrected chi connectivity index (χ4v) is 3.35. The number of rotatable bonds is 6. The summed E-state index contributed by atoms with van der Waals surface area (Å²) in [6.45, 7) is 5.95. The second kappa shape index (κ2) is 12.5. The summed E-state index contributed by atoms with van der Waals surface area (Å²) in [6, 6.07) is 13.0. The van der Waals surface area contributed by atoms with E-state index in [1.54, 1.807) is 31.2 Å². The van der Waals surface area contributed by atoms with Crippen LogP contribution in [0.15, 0.2) is 48.5 Å². The summed E-state index contributed by atoms with van der Waals surface area (Å²) in [5, 5.41) is 11.3. The topological polar surface area (TPSA) is 117 Å². The monoisotopic (exact) mass is 460 g/mol. The molecule has 0 saturated carbocycles. The van der Waals surface area contributed by atoms with Crippen molar-refractivity contribution in [3.05, 3.63) is 70.8 Å². The van der Waals surface area contributed by atoms with Gasteiger partial charge in [0.05, 0.1) is 13.2 Å². The van der Waals surface area contributed by atoms with Crippen LogP contribution in [-0.2, 0) is 16.1 Å². The molecule has 1 aliphatic rings. The van der Waals surface area contributed by atoms with Gasteiger partial charge in [-0.2, -0.15) is 0 Å². The number of morpholine rings is 1. The van der Waals surface area contributed by atoms with Gasteiger partial charge in [0.15, 0.2) is 0 Å². The summed E-state index contributed by atoms with van der Waals surface area (Å²) in [7, 11) is 0. The lowest BCUT2D eigenvalue weighted by Crippen LogP contribution is -2.54. The quantitative estimate of drug-likeness (QED) is 0.289. The zero-order valence-corrected chi connectivity index (χ0v) is 19.0. The van der Waals surface area contributed by atoms with Gasteiger partial charge in [0.2, 0.25) is 0 Å². The molecule has 0 radical (unpaired) electrons. The smallest absolute Gasteiger partial charge is 0.267 e. The highest BCUT2D eigenvalue weighted by molar-refractivity contribution is 5.97. The van der Waals surface area contributed by atoms with Crippen molar-refractivity contribution in [2.45, 2.75) is 25.6 Å². The zero-order chi connectivity index (χ0) is 24.3. The Kier molecular flexibility index (Phi) is 9.21. The third-order valence-corrected chi connectivity index (χ3v) is 5.29. The first-order valence-electron chi connectivity index (χ1n) is 11.0. The summed E-state index contributed by atoms with van der Waals surface area (Å²) in [6.07, 6.45) is 0. The number of hydrogen-bond donors (Lipinski definition) is 4. The van der Waals surface area contributed by atoms with E-state index >= 15 is 0 Å². The van der Waals surface area contributed by atoms with Crippen molar-refractivity contribution in [1.82, 2.24) is 15.7 Å². The minimum Gasteiger partial charge on any atom is -0.379 e. The normalized spacial score (nSPS) is 15.0. The number of hydroxylamine groups is 1. The van der Waals surface area contributed by atoms with Gasteiger partial charge < -0.3 is 15.8 Å². The molecule has 3 rings (SSSR count). The van der Waals surface area contributed by atoms with Crippen LogP contribution in [0, 0.1) is 23.7 Å². The molecule has 5 N–H and O–H groups in total. The first-order chi connectivity index (χ1) is 16.5. The van der Waals surface area contributed by atoms with E-state index in [2.05, 4.69) is 46.0 Å². The fraction of sp³-hybridized carbons (Fsp3) is 0.308. The van der Waals surface area contributed by atoms with Gasteiger partial charge in [-0.3, -0.25) is 19.7 Å². The van der Waals surface area contributed by atoms with Crippen LogP contribution in [0.25, 0.3) is 0 Å². The molecule has 0 unspecified atom stereocenters. The van der Waals surface area contributed by atoms with Gasteiger partial charge in [0.1, 0.15) is 6.04 Å². The molecule has 0 aliphatic carbocycles. The van der Waals surface area contributed by atoms with Gasteiger partial charge in [-0.1, -0.05) is 24.0 Å². The Bertz CT molecular complexity index is 1100. The molecule has 2 atom stereocenters. The van der Waals surface area contributed by atoms with E-state index in [1.165, 1.54) is 11.0 Å². The van der Waals surface area contributed by atoms with Gasteiger partial charge in [-0.25, -0.2) is 5.48 Å². The Hall–Kier alpha value is -3.66. The Morgan fingerprint density at radius 2 is 1.59 bits per heavy atom. The molecule has 0 spiro atoms. The summed E-state index contributed by atoms with van der Waals surface area (Å²) < 4.78 is 5.38. The largest absolute Gasteiger partial charge is 0.379 e. The molecule has 0 aromatic heterocycles. The minimum atomic E-state index is -1.05. The molecule has 8 heteroatoms. The third kappa shape index (κ3) is 7.45. The average Bonchev–Trinajstić information content (AvgIpc) is 2.86. The van der Waals surface area contributed by atoms with E-state index in [0.717, 1.165) is 38.4 Å². The van der Waals surface area contributed by atoms with Crippen LogP contribution in [0.5, 0.6) is 0 Å². The van der Waals surface area contributed by atoms with Crippen LogP contribution in [0.1, 0.15) is 34.0 Å². The summed E-state index contributed by atoms with van der Waals surface area (Å²) >= 11 is 0. The number of nitrogens with one attached hydrogen (secondary N) is 2. The predicted octanol–water partition coefficient (Wildman–Crippen LogP) is 0.873. The van der Waals surface area contributed by atoms with Crippen molar-refractivity contribution < 1.29 is 19.5 Å². The molecule has 176 valence electrons. The number of ether oxygens (including phenoxy) is 1. The first-order valence-corrected chi connectivity index (χ1v) is 11.0. The average molecular weight is 461 g/mol. The Morgan fingerprint density at radius 3 is 2.12 bits per heavy atom. The van der Waals surface area contributed by atoms with E-state index < -0.39 is 23.9 Å². The van der Waals surface area contributed by atoms with E-state index in [1.807, 2.05) is 12.1 Å². The highest BCUT2D eigenvalue weighted by atomic mass is 16.5. The van der Waals surface area contributed by atoms with Crippen LogP contribution in [0.4, 0.5) is 0 Å². The molecule has 1 heterocycles. The van der Waals surface area contributed by atoms with E-state index in [9.17, 15) is 9.59 Å². The second-order valence-electron chi connectivity index (χ2n) is 7.95. The number of nitrogens with two attached hydrogens (primary N) is 1. The van der Waals surface area contributed by atoms with Gasteiger partial charge in [-0.15, -0.1) is 0 Å². The van der Waals surface area contributed by atoms with Crippen molar-refractivity contribution in [2.24, 2.45) is 5.73 Å². The fourth-order valence-electron chi connectivity index (χ4n) is 3.35. The SMILES string of the molecule is C[C@@H](N)[C@H](NC(=O)c1ccc(C#CC#Cc2ccc(CN3CCOCC3)cc2)cc1)C(=O)NO. The maximum Gasteiger partial charge on any atom is 0.267 e. The summed E-state index contributed by atoms with van der Waals surface area (Å²) in [4.78, 5) is 26.3. The molecule has 34 heavy (non-hydrogen) atoms. The first kappa shape index (κ1) is 25.0. The molecular formula is C26H28N4O4. The molecule has 8 nitrogen and oxygen atoms in total. The standard InChI is InChI=1S/C26H28N4O4/c1-19(27)24(26(32)29-33)28-25(31)23-12-10-21(11-13-23)5-3-2-4-20-6-8-22(9-7-20)18-30-14-16-34-17-15-30/h6-13,19,24,33H,14-18,27H2,1H3,(H,28,31)(H,29,32)/t19-,24+/m1/s1. The highest BCUT2D eigenvalue weighted by Crippen LogP contribution is 2.09. The van der Waals surface area contributed by atoms with Gasteiger partial charge in [0, 0.05) is 42.4 Å². The van der Waals surface area contributed by atoms with Gasteiger partial charge in [0.25, 0.3) is 11.8 Å². The maximum absolute atomic E-state index is 12.3. The van der Waals surface area contributed by atoms with Crippen molar-refractivity contribution in [3.8, 4) is 23.7 Å². The molecule has 0 bridgehead atoms. The van der Waals surface area contributed by atoms with Gasteiger partial charge >= 0.3 is 0 Å². The predicted molar refractivity (Wildman–Crippen MR) is 128 cm³/mol. The number of carbonyl (C=O) groups is 2. The van der Waals surface area contributed by atoms with Crippen molar-refractivity contribution in [1.29, 1.82) is 0 Å². The molecule has 1 saturated heterocycles. The lowest BCUT2D eigenvalue weighted by Gasteiger charge is -2.26. The summed E-state index contributed by atoms with van der Waals surface area (Å²) in [5.41, 5.74) is 10.4. The number of nitrogens with zero attached hydrogens (tertiary/aromatic N) is 1. The lowest BCUT2D eigenvalue weighted by molar-refractivity contribution is -0.131. The van der Waals surface area contributed by atoms with Crippen molar-refractivity contribution >= 4 is 11.8 Å². The van der Waals surface area contributed by atoms with Crippen molar-refractivity contribution in [2.75, 3.05) is 26.3 Å². The number of carbonyl (C=O) groups excluding carboxylic acids is 2. The number of amides is 2. The van der Waals surface area contributed by atoms with E-state index in [4.69, 9.17) is 15.7 Å². The lowest BCUT2D eigenvalue weighted by atomic mass is 10.1. The Morgan fingerprint density at radius 1 is 1.03 bits per heavy atom. The van der Waals surface area contributed by atoms with E-state index in [-0.39, 0.29) is 0 Å².